The van der Waals surface area contributed by atoms with Gasteiger partial charge in [-0.2, -0.15) is 0 Å². The number of amides is 1. The topological polar surface area (TPSA) is 48.1 Å². The van der Waals surface area contributed by atoms with Crippen molar-refractivity contribution in [3.8, 4) is 5.75 Å². The highest BCUT2D eigenvalue weighted by Gasteiger charge is 2.26. The minimum Gasteiger partial charge on any atom is -0.497 e. The van der Waals surface area contributed by atoms with E-state index in [0.717, 1.165) is 68.6 Å². The molecule has 0 aliphatic carbocycles. The molecule has 2 aromatic carbocycles. The lowest BCUT2D eigenvalue weighted by atomic mass is 10.1. The lowest BCUT2D eigenvalue weighted by molar-refractivity contribution is -0.122. The molecule has 184 valence electrons. The lowest BCUT2D eigenvalue weighted by Crippen LogP contribution is -2.50. The normalized spacial score (nSPS) is 18.6. The smallest absolute Gasteiger partial charge is 0.234 e. The van der Waals surface area contributed by atoms with Gasteiger partial charge in [0.2, 0.25) is 5.91 Å². The summed E-state index contributed by atoms with van der Waals surface area (Å²) < 4.78 is 5.23. The van der Waals surface area contributed by atoms with E-state index in [2.05, 4.69) is 38.2 Å². The average molecular weight is 485 g/mol. The molecule has 1 atom stereocenters. The summed E-state index contributed by atoms with van der Waals surface area (Å²) in [7, 11) is 1.69. The van der Waals surface area contributed by atoms with Crippen LogP contribution in [0.5, 0.6) is 5.75 Å². The number of hydrogen-bond donors (Lipinski definition) is 1. The first kappa shape index (κ1) is 25.0. The number of benzene rings is 2. The Morgan fingerprint density at radius 1 is 0.971 bits per heavy atom. The Balaban J connectivity index is 1.20. The second-order valence-corrected chi connectivity index (χ2v) is 9.71. The third kappa shape index (κ3) is 6.95. The van der Waals surface area contributed by atoms with Crippen molar-refractivity contribution in [3.05, 3.63) is 64.7 Å². The fraction of sp³-hybridized carbons (Fsp3) is 0.519. The third-order valence-corrected chi connectivity index (χ3v) is 7.39. The summed E-state index contributed by atoms with van der Waals surface area (Å²) in [6, 6.07) is 16.5. The number of ether oxygens (including phenoxy) is 1. The second kappa shape index (κ2) is 12.5. The van der Waals surface area contributed by atoms with Gasteiger partial charge in [0.1, 0.15) is 5.75 Å². The highest BCUT2D eigenvalue weighted by molar-refractivity contribution is 6.31. The standard InChI is InChI=1S/C27H37ClN4O2/c1-34-23-10-8-22(9-11-23)12-15-30-16-18-31(19-17-30)21-27(33)29-20-26(32-13-4-5-14-32)24-6-2-3-7-25(24)28/h2-3,6-11,26H,4-5,12-21H2,1H3,(H,29,33). The largest absolute Gasteiger partial charge is 0.497 e. The molecule has 1 N–H and O–H groups in total. The molecule has 7 heteroatoms. The molecule has 0 saturated carbocycles. The molecule has 1 amide bonds. The van der Waals surface area contributed by atoms with Crippen molar-refractivity contribution in [2.75, 3.05) is 66.0 Å². The van der Waals surface area contributed by atoms with Crippen LogP contribution in [0.4, 0.5) is 0 Å². The molecule has 2 heterocycles. The fourth-order valence-corrected chi connectivity index (χ4v) is 5.22. The molecule has 6 nitrogen and oxygen atoms in total. The summed E-state index contributed by atoms with van der Waals surface area (Å²) in [4.78, 5) is 20.0. The van der Waals surface area contributed by atoms with Crippen molar-refractivity contribution in [1.29, 1.82) is 0 Å². The van der Waals surface area contributed by atoms with Crippen molar-refractivity contribution in [3.63, 3.8) is 0 Å². The number of carbonyl (C=O) groups is 1. The van der Waals surface area contributed by atoms with Gasteiger partial charge in [-0.05, 0) is 61.7 Å². The summed E-state index contributed by atoms with van der Waals surface area (Å²) >= 11 is 6.50. The Labute approximate surface area is 208 Å². The van der Waals surface area contributed by atoms with Gasteiger partial charge in [0.05, 0.1) is 19.7 Å². The van der Waals surface area contributed by atoms with Crippen molar-refractivity contribution >= 4 is 17.5 Å². The number of carbonyl (C=O) groups excluding carboxylic acids is 1. The van der Waals surface area contributed by atoms with E-state index in [0.29, 0.717) is 13.1 Å². The van der Waals surface area contributed by atoms with Crippen LogP contribution in [-0.2, 0) is 11.2 Å². The first-order valence-electron chi connectivity index (χ1n) is 12.4. The first-order chi connectivity index (χ1) is 16.6. The van der Waals surface area contributed by atoms with Crippen LogP contribution in [0.3, 0.4) is 0 Å². The fourth-order valence-electron chi connectivity index (χ4n) is 4.95. The molecule has 0 spiro atoms. The van der Waals surface area contributed by atoms with Gasteiger partial charge in [0.25, 0.3) is 0 Å². The average Bonchev–Trinajstić information content (AvgIpc) is 3.40. The van der Waals surface area contributed by atoms with Gasteiger partial charge in [-0.15, -0.1) is 0 Å². The minimum atomic E-state index is 0.0999. The van der Waals surface area contributed by atoms with Gasteiger partial charge < -0.3 is 15.0 Å². The van der Waals surface area contributed by atoms with E-state index in [1.165, 1.54) is 18.4 Å². The van der Waals surface area contributed by atoms with Gasteiger partial charge >= 0.3 is 0 Å². The van der Waals surface area contributed by atoms with Crippen molar-refractivity contribution in [1.82, 2.24) is 20.0 Å². The molecule has 2 saturated heterocycles. The van der Waals surface area contributed by atoms with E-state index >= 15 is 0 Å². The zero-order valence-electron chi connectivity index (χ0n) is 20.2. The number of nitrogens with one attached hydrogen (secondary N) is 1. The van der Waals surface area contributed by atoms with E-state index in [-0.39, 0.29) is 11.9 Å². The maximum Gasteiger partial charge on any atom is 0.234 e. The number of halogens is 1. The molecule has 0 bridgehead atoms. The Hall–Kier alpha value is -2.12. The van der Waals surface area contributed by atoms with Crippen LogP contribution in [0.2, 0.25) is 5.02 Å². The summed E-state index contributed by atoms with van der Waals surface area (Å²) in [5.74, 6) is 0.997. The number of likely N-dealkylation sites (tertiary alicyclic amines) is 1. The van der Waals surface area contributed by atoms with E-state index in [1.54, 1.807) is 7.11 Å². The maximum atomic E-state index is 12.8. The monoisotopic (exact) mass is 484 g/mol. The zero-order chi connectivity index (χ0) is 23.8. The van der Waals surface area contributed by atoms with Crippen molar-refractivity contribution in [2.24, 2.45) is 0 Å². The molecular weight excluding hydrogens is 448 g/mol. The van der Waals surface area contributed by atoms with Crippen LogP contribution in [0.25, 0.3) is 0 Å². The summed E-state index contributed by atoms with van der Waals surface area (Å²) in [6.45, 7) is 8.08. The SMILES string of the molecule is COc1ccc(CCN2CCN(CC(=O)NCC(c3ccccc3Cl)N3CCCC3)CC2)cc1. The number of nitrogens with zero attached hydrogens (tertiary/aromatic N) is 3. The van der Waals surface area contributed by atoms with E-state index in [1.807, 2.05) is 30.3 Å². The van der Waals surface area contributed by atoms with Gasteiger partial charge in [0.15, 0.2) is 0 Å². The highest BCUT2D eigenvalue weighted by Crippen LogP contribution is 2.29. The molecular formula is C27H37ClN4O2. The second-order valence-electron chi connectivity index (χ2n) is 9.30. The van der Waals surface area contributed by atoms with Crippen molar-refractivity contribution in [2.45, 2.75) is 25.3 Å². The van der Waals surface area contributed by atoms with Gasteiger partial charge in [0, 0.05) is 44.3 Å². The predicted molar refractivity (Wildman–Crippen MR) is 138 cm³/mol. The summed E-state index contributed by atoms with van der Waals surface area (Å²) in [5, 5.41) is 3.97. The van der Waals surface area contributed by atoms with Crippen LogP contribution in [-0.4, -0.2) is 86.6 Å². The first-order valence-corrected chi connectivity index (χ1v) is 12.8. The Kier molecular flexibility index (Phi) is 9.22. The molecule has 2 aliphatic heterocycles. The highest BCUT2D eigenvalue weighted by atomic mass is 35.5. The van der Waals surface area contributed by atoms with Crippen LogP contribution in [0.15, 0.2) is 48.5 Å². The molecule has 0 aromatic heterocycles. The quantitative estimate of drug-likeness (QED) is 0.559. The Morgan fingerprint density at radius 2 is 1.65 bits per heavy atom. The number of hydrogen-bond acceptors (Lipinski definition) is 5. The predicted octanol–water partition coefficient (Wildman–Crippen LogP) is 3.46. The molecule has 2 aromatic rings. The number of piperazine rings is 1. The Morgan fingerprint density at radius 3 is 2.32 bits per heavy atom. The van der Waals surface area contributed by atoms with Crippen LogP contribution < -0.4 is 10.1 Å². The van der Waals surface area contributed by atoms with Gasteiger partial charge in [-0.25, -0.2) is 0 Å². The van der Waals surface area contributed by atoms with Crippen LogP contribution in [0, 0.1) is 0 Å². The maximum absolute atomic E-state index is 12.8. The van der Waals surface area contributed by atoms with E-state index in [9.17, 15) is 4.79 Å². The molecule has 34 heavy (non-hydrogen) atoms. The third-order valence-electron chi connectivity index (χ3n) is 7.05. The van der Waals surface area contributed by atoms with E-state index in [4.69, 9.17) is 16.3 Å². The Bertz CT molecular complexity index is 909. The summed E-state index contributed by atoms with van der Waals surface area (Å²) in [6.07, 6.45) is 3.44. The summed E-state index contributed by atoms with van der Waals surface area (Å²) in [5.41, 5.74) is 2.44. The molecule has 4 rings (SSSR count). The number of methoxy groups -OCH3 is 1. The van der Waals surface area contributed by atoms with Crippen LogP contribution >= 0.6 is 11.6 Å². The van der Waals surface area contributed by atoms with Crippen molar-refractivity contribution < 1.29 is 9.53 Å². The number of rotatable bonds is 10. The van der Waals surface area contributed by atoms with E-state index < -0.39 is 0 Å². The molecule has 2 fully saturated rings. The molecule has 1 unspecified atom stereocenters. The lowest BCUT2D eigenvalue weighted by Gasteiger charge is -2.34. The van der Waals surface area contributed by atoms with Gasteiger partial charge in [-0.1, -0.05) is 41.9 Å². The zero-order valence-corrected chi connectivity index (χ0v) is 21.0. The minimum absolute atomic E-state index is 0.0999. The van der Waals surface area contributed by atoms with Crippen LogP contribution in [0.1, 0.15) is 30.0 Å². The molecule has 0 radical (unpaired) electrons. The molecule has 2 aliphatic rings. The van der Waals surface area contributed by atoms with Gasteiger partial charge in [-0.3, -0.25) is 14.6 Å².